The van der Waals surface area contributed by atoms with Gasteiger partial charge in [0.15, 0.2) is 17.0 Å². The zero-order chi connectivity index (χ0) is 27.7. The summed E-state index contributed by atoms with van der Waals surface area (Å²) in [5.74, 6) is 1.54. The highest BCUT2D eigenvalue weighted by atomic mass is 31.2. The second-order valence-corrected chi connectivity index (χ2v) is 11.4. The van der Waals surface area contributed by atoms with E-state index in [1.54, 1.807) is 30.6 Å². The first-order valence-corrected chi connectivity index (χ1v) is 15.2. The minimum Gasteiger partial charge on any atom is -0.512 e. The lowest BCUT2D eigenvalue weighted by atomic mass is 10.2. The molecule has 212 valence electrons. The molecule has 1 saturated carbocycles. The predicted molar refractivity (Wildman–Crippen MR) is 151 cm³/mol. The Labute approximate surface area is 228 Å². The number of imidazole rings is 1. The van der Waals surface area contributed by atoms with Crippen LogP contribution in [-0.2, 0) is 20.6 Å². The molecule has 0 saturated heterocycles. The Kier molecular flexibility index (Phi) is 10.0. The van der Waals surface area contributed by atoms with Gasteiger partial charge in [-0.1, -0.05) is 38.5 Å². The molecular formula is C26H38N7O5P. The largest absolute Gasteiger partial charge is 0.512 e. The van der Waals surface area contributed by atoms with Crippen molar-refractivity contribution < 1.29 is 23.7 Å². The standard InChI is InChI=1S/C26H38N7O5P/c1-3-5-14-37-22(16-34)21(4-2)32-39(35,38-20-9-7-6-8-10-20)18-36-15-13-33-17-28-23-24(29-19-11-12-19)30-26(27)31-25(23)33/h6-10,16-17,19,21,34H,3-5,11-15,18H2,1-2H3,(H,32,35)(H3,27,29,30,31). The number of fused-ring (bicyclic) bond motifs is 1. The van der Waals surface area contributed by atoms with E-state index in [2.05, 4.69) is 32.3 Å². The number of para-hydroxylation sites is 1. The third-order valence-corrected chi connectivity index (χ3v) is 7.86. The lowest BCUT2D eigenvalue weighted by Crippen LogP contribution is -2.32. The minimum atomic E-state index is -3.58. The van der Waals surface area contributed by atoms with E-state index in [-0.39, 0.29) is 18.9 Å². The number of hydrogen-bond acceptors (Lipinski definition) is 10. The SMILES string of the molecule is CCCCOC(=CO)C(CC)NP(=O)(COCCn1cnc2c(NC3CC3)nc(N)nc21)Oc1ccccc1. The highest BCUT2D eigenvalue weighted by Gasteiger charge is 2.31. The van der Waals surface area contributed by atoms with E-state index in [4.69, 9.17) is 19.7 Å². The van der Waals surface area contributed by atoms with E-state index in [9.17, 15) is 9.67 Å². The summed E-state index contributed by atoms with van der Waals surface area (Å²) in [5, 5.41) is 16.2. The number of ether oxygens (including phenoxy) is 2. The van der Waals surface area contributed by atoms with Crippen LogP contribution in [0.4, 0.5) is 11.8 Å². The number of anilines is 2. The lowest BCUT2D eigenvalue weighted by molar-refractivity contribution is 0.154. The average molecular weight is 560 g/mol. The average Bonchev–Trinajstić information content (AvgIpc) is 3.66. The number of benzene rings is 1. The molecule has 2 aromatic heterocycles. The molecule has 1 aliphatic rings. The topological polar surface area (TPSA) is 159 Å². The summed E-state index contributed by atoms with van der Waals surface area (Å²) >= 11 is 0. The van der Waals surface area contributed by atoms with Gasteiger partial charge in [0.1, 0.15) is 24.1 Å². The van der Waals surface area contributed by atoms with Crippen LogP contribution in [0.15, 0.2) is 48.7 Å². The third-order valence-electron chi connectivity index (χ3n) is 6.13. The number of aliphatic hydroxyl groups is 1. The summed E-state index contributed by atoms with van der Waals surface area (Å²) < 4.78 is 33.3. The smallest absolute Gasteiger partial charge is 0.342 e. The molecule has 13 heteroatoms. The molecular weight excluding hydrogens is 521 g/mol. The predicted octanol–water partition coefficient (Wildman–Crippen LogP) is 4.81. The first kappa shape index (κ1) is 28.7. The summed E-state index contributed by atoms with van der Waals surface area (Å²) in [7, 11) is -3.58. The van der Waals surface area contributed by atoms with Crippen LogP contribution in [0.1, 0.15) is 46.0 Å². The highest BCUT2D eigenvalue weighted by Crippen LogP contribution is 2.44. The zero-order valence-electron chi connectivity index (χ0n) is 22.5. The number of aliphatic hydroxyl groups excluding tert-OH is 1. The van der Waals surface area contributed by atoms with Crippen LogP contribution in [0.3, 0.4) is 0 Å². The van der Waals surface area contributed by atoms with Gasteiger partial charge >= 0.3 is 7.52 Å². The van der Waals surface area contributed by atoms with Crippen LogP contribution >= 0.6 is 7.52 Å². The highest BCUT2D eigenvalue weighted by molar-refractivity contribution is 7.57. The molecule has 2 heterocycles. The van der Waals surface area contributed by atoms with Gasteiger partial charge in [0.05, 0.1) is 25.6 Å². The molecule has 39 heavy (non-hydrogen) atoms. The van der Waals surface area contributed by atoms with Gasteiger partial charge in [-0.25, -0.2) is 10.1 Å². The van der Waals surface area contributed by atoms with Crippen molar-refractivity contribution in [2.45, 2.75) is 64.6 Å². The van der Waals surface area contributed by atoms with Crippen LogP contribution in [0.5, 0.6) is 5.75 Å². The molecule has 0 bridgehead atoms. The van der Waals surface area contributed by atoms with Gasteiger partial charge in [0, 0.05) is 12.6 Å². The zero-order valence-corrected chi connectivity index (χ0v) is 23.3. The molecule has 1 fully saturated rings. The van der Waals surface area contributed by atoms with Crippen molar-refractivity contribution in [2.24, 2.45) is 0 Å². The van der Waals surface area contributed by atoms with Crippen molar-refractivity contribution in [1.29, 1.82) is 0 Å². The molecule has 5 N–H and O–H groups in total. The molecule has 2 atom stereocenters. The van der Waals surface area contributed by atoms with Crippen molar-refractivity contribution in [3.8, 4) is 5.75 Å². The molecule has 3 aromatic rings. The summed E-state index contributed by atoms with van der Waals surface area (Å²) in [5.41, 5.74) is 7.19. The minimum absolute atomic E-state index is 0.165. The van der Waals surface area contributed by atoms with E-state index in [0.717, 1.165) is 31.9 Å². The lowest BCUT2D eigenvalue weighted by Gasteiger charge is -2.27. The fourth-order valence-corrected chi connectivity index (χ4v) is 5.69. The summed E-state index contributed by atoms with van der Waals surface area (Å²) in [6.45, 7) is 5.03. The van der Waals surface area contributed by atoms with E-state index in [0.29, 0.717) is 54.1 Å². The molecule has 12 nitrogen and oxygen atoms in total. The van der Waals surface area contributed by atoms with E-state index in [1.165, 1.54) is 0 Å². The monoisotopic (exact) mass is 559 g/mol. The van der Waals surface area contributed by atoms with E-state index in [1.807, 2.05) is 17.6 Å². The molecule has 1 aliphatic carbocycles. The second-order valence-electron chi connectivity index (χ2n) is 9.40. The Hall–Kier alpha value is -3.34. The number of rotatable bonds is 17. The van der Waals surface area contributed by atoms with Crippen LogP contribution in [0, 0.1) is 0 Å². The number of aromatic nitrogens is 4. The fourth-order valence-electron chi connectivity index (χ4n) is 3.89. The first-order chi connectivity index (χ1) is 18.9. The van der Waals surface area contributed by atoms with Crippen LogP contribution < -0.4 is 20.7 Å². The molecule has 0 amide bonds. The molecule has 0 aliphatic heterocycles. The summed E-state index contributed by atoms with van der Waals surface area (Å²) in [6, 6.07) is 8.77. The third kappa shape index (κ3) is 8.08. The van der Waals surface area contributed by atoms with Gasteiger partial charge in [-0.2, -0.15) is 9.97 Å². The molecule has 0 radical (unpaired) electrons. The van der Waals surface area contributed by atoms with E-state index < -0.39 is 13.6 Å². The number of nitrogens with zero attached hydrogens (tertiary/aromatic N) is 4. The maximum Gasteiger partial charge on any atom is 0.342 e. The quantitative estimate of drug-likeness (QED) is 0.102. The number of hydrogen-bond donors (Lipinski definition) is 4. The Morgan fingerprint density at radius 2 is 2.05 bits per heavy atom. The first-order valence-electron chi connectivity index (χ1n) is 13.4. The Balaban J connectivity index is 1.42. The summed E-state index contributed by atoms with van der Waals surface area (Å²) in [6.07, 6.45) is 6.87. The molecule has 0 spiro atoms. The maximum atomic E-state index is 14.0. The van der Waals surface area contributed by atoms with E-state index >= 15 is 0 Å². The Morgan fingerprint density at radius 3 is 2.74 bits per heavy atom. The molecule has 1 aromatic carbocycles. The van der Waals surface area contributed by atoms with Crippen molar-refractivity contribution in [3.05, 3.63) is 48.7 Å². The summed E-state index contributed by atoms with van der Waals surface area (Å²) in [4.78, 5) is 13.1. The Bertz CT molecular complexity index is 1280. The van der Waals surface area contributed by atoms with Gasteiger partial charge in [-0.05, 0) is 37.8 Å². The van der Waals surface area contributed by atoms with Crippen LogP contribution in [0.2, 0.25) is 0 Å². The van der Waals surface area contributed by atoms with Gasteiger partial charge in [-0.3, -0.25) is 4.57 Å². The van der Waals surface area contributed by atoms with Crippen molar-refractivity contribution in [1.82, 2.24) is 24.6 Å². The fraction of sp³-hybridized carbons (Fsp3) is 0.500. The number of nitrogens with two attached hydrogens (primary N) is 1. The van der Waals surface area contributed by atoms with Gasteiger partial charge in [0.25, 0.3) is 0 Å². The van der Waals surface area contributed by atoms with Gasteiger partial charge in [0.2, 0.25) is 5.95 Å². The second kappa shape index (κ2) is 13.6. The number of unbranched alkanes of at least 4 members (excludes halogenated alkanes) is 1. The van der Waals surface area contributed by atoms with Crippen LogP contribution in [-0.4, -0.2) is 56.3 Å². The van der Waals surface area contributed by atoms with Gasteiger partial charge < -0.3 is 34.7 Å². The normalized spacial score (nSPS) is 16.1. The van der Waals surface area contributed by atoms with Gasteiger partial charge in [-0.15, -0.1) is 0 Å². The van der Waals surface area contributed by atoms with Crippen molar-refractivity contribution in [3.63, 3.8) is 0 Å². The van der Waals surface area contributed by atoms with Crippen LogP contribution in [0.25, 0.3) is 11.2 Å². The van der Waals surface area contributed by atoms with Crippen molar-refractivity contribution in [2.75, 3.05) is 30.6 Å². The Morgan fingerprint density at radius 1 is 1.26 bits per heavy atom. The number of nitrogen functional groups attached to an aromatic ring is 1. The molecule has 4 rings (SSSR count). The number of nitrogens with one attached hydrogen (secondary N) is 2. The molecule has 2 unspecified atom stereocenters. The maximum absolute atomic E-state index is 14.0. The van der Waals surface area contributed by atoms with Crippen molar-refractivity contribution >= 4 is 30.4 Å².